The van der Waals surface area contributed by atoms with Gasteiger partial charge in [-0.1, -0.05) is 18.2 Å². The predicted octanol–water partition coefficient (Wildman–Crippen LogP) is 2.19. The maximum atomic E-state index is 13.7. The van der Waals surface area contributed by atoms with E-state index in [9.17, 15) is 14.0 Å². The minimum Gasteiger partial charge on any atom is -0.494 e. The molecule has 2 aromatic carbocycles. The number of ether oxygens (including phenoxy) is 2. The molecule has 0 saturated carbocycles. The van der Waals surface area contributed by atoms with Crippen LogP contribution in [0.25, 0.3) is 0 Å². The van der Waals surface area contributed by atoms with Crippen molar-refractivity contribution in [3.8, 4) is 11.5 Å². The van der Waals surface area contributed by atoms with Gasteiger partial charge in [0.1, 0.15) is 5.75 Å². The van der Waals surface area contributed by atoms with E-state index in [1.807, 2.05) is 0 Å². The molecule has 3 N–H and O–H groups in total. The molecule has 0 fully saturated rings. The van der Waals surface area contributed by atoms with Crippen LogP contribution in [0, 0.1) is 5.82 Å². The summed E-state index contributed by atoms with van der Waals surface area (Å²) in [5.41, 5.74) is 6.03. The summed E-state index contributed by atoms with van der Waals surface area (Å²) in [6, 6.07) is 10.4. The van der Waals surface area contributed by atoms with Gasteiger partial charge in [0.15, 0.2) is 18.2 Å². The van der Waals surface area contributed by atoms with Crippen molar-refractivity contribution in [2.24, 2.45) is 5.73 Å². The minimum absolute atomic E-state index is 0.133. The molecule has 0 heterocycles. The number of methoxy groups -OCH3 is 1. The van der Waals surface area contributed by atoms with Crippen LogP contribution >= 0.6 is 0 Å². The van der Waals surface area contributed by atoms with E-state index >= 15 is 0 Å². The third-order valence-electron chi connectivity index (χ3n) is 3.56. The lowest BCUT2D eigenvalue weighted by atomic mass is 10.1. The number of carbonyl (C=O) groups is 2. The van der Waals surface area contributed by atoms with E-state index in [-0.39, 0.29) is 23.7 Å². The molecular formula is C18H19FN2O4. The van der Waals surface area contributed by atoms with Crippen LogP contribution < -0.4 is 20.5 Å². The Morgan fingerprint density at radius 1 is 1.20 bits per heavy atom. The largest absolute Gasteiger partial charge is 0.494 e. The molecule has 2 aromatic rings. The van der Waals surface area contributed by atoms with Crippen molar-refractivity contribution in [2.75, 3.05) is 13.7 Å². The van der Waals surface area contributed by atoms with E-state index in [0.29, 0.717) is 5.56 Å². The number of carbonyl (C=O) groups excluding carboxylic acids is 2. The first-order valence-corrected chi connectivity index (χ1v) is 7.56. The zero-order valence-corrected chi connectivity index (χ0v) is 13.9. The molecule has 0 bridgehead atoms. The molecule has 0 aliphatic carbocycles. The molecule has 0 saturated heterocycles. The molecule has 2 amide bonds. The Balaban J connectivity index is 1.96. The Morgan fingerprint density at radius 3 is 2.56 bits per heavy atom. The van der Waals surface area contributed by atoms with Crippen molar-refractivity contribution >= 4 is 11.8 Å². The number of amides is 2. The fourth-order valence-electron chi connectivity index (χ4n) is 2.26. The molecule has 2 rings (SSSR count). The summed E-state index contributed by atoms with van der Waals surface area (Å²) in [4.78, 5) is 23.3. The zero-order valence-electron chi connectivity index (χ0n) is 13.9. The van der Waals surface area contributed by atoms with Crippen LogP contribution in [0.2, 0.25) is 0 Å². The van der Waals surface area contributed by atoms with E-state index in [2.05, 4.69) is 5.32 Å². The van der Waals surface area contributed by atoms with Gasteiger partial charge in [0.05, 0.1) is 18.7 Å². The average molecular weight is 346 g/mol. The number of primary amides is 1. The third kappa shape index (κ3) is 4.69. The van der Waals surface area contributed by atoms with Gasteiger partial charge in [-0.05, 0) is 36.8 Å². The topological polar surface area (TPSA) is 90.7 Å². The lowest BCUT2D eigenvalue weighted by Crippen LogP contribution is -2.31. The molecule has 0 aromatic heterocycles. The smallest absolute Gasteiger partial charge is 0.258 e. The first kappa shape index (κ1) is 18.3. The molecule has 7 heteroatoms. The van der Waals surface area contributed by atoms with Gasteiger partial charge in [-0.2, -0.15) is 0 Å². The maximum Gasteiger partial charge on any atom is 0.258 e. The molecule has 132 valence electrons. The van der Waals surface area contributed by atoms with Crippen LogP contribution in [0.5, 0.6) is 11.5 Å². The van der Waals surface area contributed by atoms with Crippen molar-refractivity contribution in [1.29, 1.82) is 0 Å². The Bertz CT molecular complexity index is 779. The number of rotatable bonds is 7. The van der Waals surface area contributed by atoms with E-state index in [4.69, 9.17) is 15.2 Å². The van der Waals surface area contributed by atoms with Crippen molar-refractivity contribution < 1.29 is 23.5 Å². The van der Waals surface area contributed by atoms with Gasteiger partial charge in [-0.15, -0.1) is 0 Å². The van der Waals surface area contributed by atoms with E-state index in [1.54, 1.807) is 31.2 Å². The van der Waals surface area contributed by atoms with Crippen molar-refractivity contribution in [3.05, 3.63) is 59.4 Å². The second-order valence-corrected chi connectivity index (χ2v) is 5.33. The minimum atomic E-state index is -0.641. The highest BCUT2D eigenvalue weighted by atomic mass is 19.1. The highest BCUT2D eigenvalue weighted by molar-refractivity contribution is 5.95. The number of nitrogens with two attached hydrogens (primary N) is 1. The quantitative estimate of drug-likeness (QED) is 0.804. The summed E-state index contributed by atoms with van der Waals surface area (Å²) >= 11 is 0. The number of para-hydroxylation sites is 1. The lowest BCUT2D eigenvalue weighted by molar-refractivity contribution is -0.123. The van der Waals surface area contributed by atoms with Gasteiger partial charge in [-0.3, -0.25) is 9.59 Å². The highest BCUT2D eigenvalue weighted by Gasteiger charge is 2.14. The monoisotopic (exact) mass is 346 g/mol. The first-order valence-electron chi connectivity index (χ1n) is 7.56. The van der Waals surface area contributed by atoms with Crippen molar-refractivity contribution in [2.45, 2.75) is 13.0 Å². The Labute approximate surface area is 144 Å². The molecule has 0 radical (unpaired) electrons. The Kier molecular flexibility index (Phi) is 5.94. The van der Waals surface area contributed by atoms with Crippen LogP contribution in [-0.2, 0) is 4.79 Å². The SMILES string of the molecule is COc1ccc([C@H](C)NC(=O)COc2ccccc2C(N)=O)cc1F. The predicted molar refractivity (Wildman–Crippen MR) is 90.0 cm³/mol. The van der Waals surface area contributed by atoms with Crippen LogP contribution in [-0.4, -0.2) is 25.5 Å². The summed E-state index contributed by atoms with van der Waals surface area (Å²) < 4.78 is 23.9. The fraction of sp³-hybridized carbons (Fsp3) is 0.222. The Morgan fingerprint density at radius 2 is 1.92 bits per heavy atom. The fourth-order valence-corrected chi connectivity index (χ4v) is 2.26. The molecule has 0 spiro atoms. The number of halogens is 1. The van der Waals surface area contributed by atoms with Gasteiger partial charge in [0, 0.05) is 0 Å². The van der Waals surface area contributed by atoms with Crippen molar-refractivity contribution in [3.63, 3.8) is 0 Å². The van der Waals surface area contributed by atoms with Gasteiger partial charge < -0.3 is 20.5 Å². The number of hydrogen-bond acceptors (Lipinski definition) is 4. The van der Waals surface area contributed by atoms with Gasteiger partial charge in [0.2, 0.25) is 0 Å². The standard InChI is InChI=1S/C18H19FN2O4/c1-11(12-7-8-16(24-2)14(19)9-12)21-17(22)10-25-15-6-4-3-5-13(15)18(20)23/h3-9,11H,10H2,1-2H3,(H2,20,23)(H,21,22)/t11-/m0/s1. The molecule has 0 aliphatic rings. The van der Waals surface area contributed by atoms with E-state index in [1.165, 1.54) is 25.3 Å². The number of benzene rings is 2. The summed E-state index contributed by atoms with van der Waals surface area (Å²) in [7, 11) is 1.38. The Hall–Kier alpha value is -3.09. The highest BCUT2D eigenvalue weighted by Crippen LogP contribution is 2.22. The van der Waals surface area contributed by atoms with Gasteiger partial charge in [0.25, 0.3) is 11.8 Å². The summed E-state index contributed by atoms with van der Waals surface area (Å²) in [5.74, 6) is -1.20. The zero-order chi connectivity index (χ0) is 18.4. The summed E-state index contributed by atoms with van der Waals surface area (Å²) in [6.45, 7) is 1.42. The van der Waals surface area contributed by atoms with Crippen molar-refractivity contribution in [1.82, 2.24) is 5.32 Å². The molecule has 1 atom stereocenters. The van der Waals surface area contributed by atoms with E-state index < -0.39 is 23.7 Å². The van der Waals surface area contributed by atoms with Gasteiger partial charge in [-0.25, -0.2) is 4.39 Å². The second kappa shape index (κ2) is 8.14. The maximum absolute atomic E-state index is 13.7. The molecule has 0 aliphatic heterocycles. The van der Waals surface area contributed by atoms with Crippen LogP contribution in [0.1, 0.15) is 28.9 Å². The average Bonchev–Trinajstić information content (AvgIpc) is 2.60. The number of hydrogen-bond donors (Lipinski definition) is 2. The first-order chi connectivity index (χ1) is 11.9. The van der Waals surface area contributed by atoms with E-state index in [0.717, 1.165) is 0 Å². The normalized spacial score (nSPS) is 11.5. The molecule has 6 nitrogen and oxygen atoms in total. The summed E-state index contributed by atoms with van der Waals surface area (Å²) in [5, 5.41) is 2.69. The molecule has 25 heavy (non-hydrogen) atoms. The summed E-state index contributed by atoms with van der Waals surface area (Å²) in [6.07, 6.45) is 0. The van der Waals surface area contributed by atoms with Crippen LogP contribution in [0.4, 0.5) is 4.39 Å². The molecule has 0 unspecified atom stereocenters. The van der Waals surface area contributed by atoms with Gasteiger partial charge >= 0.3 is 0 Å². The lowest BCUT2D eigenvalue weighted by Gasteiger charge is -2.16. The molecular weight excluding hydrogens is 327 g/mol. The van der Waals surface area contributed by atoms with Crippen LogP contribution in [0.3, 0.4) is 0 Å². The second-order valence-electron chi connectivity index (χ2n) is 5.33. The third-order valence-corrected chi connectivity index (χ3v) is 3.56. The van der Waals surface area contributed by atoms with Crippen LogP contribution in [0.15, 0.2) is 42.5 Å². The number of nitrogens with one attached hydrogen (secondary N) is 1.